The molecule has 1 aromatic rings. The van der Waals surface area contributed by atoms with Gasteiger partial charge in [-0.05, 0) is 44.5 Å². The first-order chi connectivity index (χ1) is 8.58. The number of rotatable bonds is 6. The molecular formula is C14H21NO2S. The Morgan fingerprint density at radius 2 is 1.94 bits per heavy atom. The summed E-state index contributed by atoms with van der Waals surface area (Å²) in [4.78, 5) is 14.6. The van der Waals surface area contributed by atoms with Crippen LogP contribution in [0.4, 0.5) is 0 Å². The summed E-state index contributed by atoms with van der Waals surface area (Å²) < 4.78 is 4.69. The van der Waals surface area contributed by atoms with Crippen LogP contribution < -0.4 is 0 Å². The maximum absolute atomic E-state index is 11.2. The topological polar surface area (TPSA) is 29.5 Å². The van der Waals surface area contributed by atoms with E-state index in [9.17, 15) is 4.79 Å². The van der Waals surface area contributed by atoms with E-state index in [2.05, 4.69) is 35.4 Å². The SMILES string of the molecule is COC(=O)CCC(c1ccc(SC)cc1)N(C)C. The second kappa shape index (κ2) is 7.44. The number of esters is 1. The van der Waals surface area contributed by atoms with Crippen molar-refractivity contribution in [3.63, 3.8) is 0 Å². The van der Waals surface area contributed by atoms with Gasteiger partial charge in [0.1, 0.15) is 0 Å². The van der Waals surface area contributed by atoms with E-state index in [-0.39, 0.29) is 12.0 Å². The fourth-order valence-electron chi connectivity index (χ4n) is 1.91. The van der Waals surface area contributed by atoms with Crippen molar-refractivity contribution >= 4 is 17.7 Å². The molecule has 18 heavy (non-hydrogen) atoms. The van der Waals surface area contributed by atoms with Crippen LogP contribution in [0, 0.1) is 0 Å². The van der Waals surface area contributed by atoms with E-state index in [1.54, 1.807) is 11.8 Å². The summed E-state index contributed by atoms with van der Waals surface area (Å²) in [6, 6.07) is 8.75. The number of hydrogen-bond donors (Lipinski definition) is 0. The van der Waals surface area contributed by atoms with Crippen LogP contribution in [0.1, 0.15) is 24.4 Å². The monoisotopic (exact) mass is 267 g/mol. The molecule has 0 aliphatic carbocycles. The Labute approximate surface area is 114 Å². The third kappa shape index (κ3) is 4.35. The number of thioether (sulfide) groups is 1. The van der Waals surface area contributed by atoms with Crippen molar-refractivity contribution in [1.29, 1.82) is 0 Å². The Morgan fingerprint density at radius 3 is 2.39 bits per heavy atom. The molecule has 1 rings (SSSR count). The largest absolute Gasteiger partial charge is 0.469 e. The molecule has 0 bridgehead atoms. The summed E-state index contributed by atoms with van der Waals surface area (Å²) in [5.74, 6) is -0.150. The van der Waals surface area contributed by atoms with Gasteiger partial charge < -0.3 is 9.64 Å². The molecule has 0 N–H and O–H groups in total. The van der Waals surface area contributed by atoms with E-state index in [0.29, 0.717) is 6.42 Å². The number of methoxy groups -OCH3 is 1. The summed E-state index contributed by atoms with van der Waals surface area (Å²) in [5, 5.41) is 0. The van der Waals surface area contributed by atoms with Gasteiger partial charge in [-0.25, -0.2) is 0 Å². The maximum atomic E-state index is 11.2. The molecule has 0 aliphatic rings. The lowest BCUT2D eigenvalue weighted by molar-refractivity contribution is -0.141. The lowest BCUT2D eigenvalue weighted by Gasteiger charge is -2.24. The summed E-state index contributed by atoms with van der Waals surface area (Å²) in [6.07, 6.45) is 3.29. The van der Waals surface area contributed by atoms with Crippen LogP contribution in [0.5, 0.6) is 0 Å². The normalized spacial score (nSPS) is 12.5. The third-order valence-electron chi connectivity index (χ3n) is 2.97. The smallest absolute Gasteiger partial charge is 0.305 e. The Kier molecular flexibility index (Phi) is 6.22. The highest BCUT2D eigenvalue weighted by Gasteiger charge is 2.15. The summed E-state index contributed by atoms with van der Waals surface area (Å²) in [5.41, 5.74) is 1.24. The molecule has 0 spiro atoms. The standard InChI is InChI=1S/C14H21NO2S/c1-15(2)13(9-10-14(16)17-3)11-5-7-12(18-4)8-6-11/h5-8,13H,9-10H2,1-4H3. The van der Waals surface area contributed by atoms with Gasteiger partial charge in [-0.15, -0.1) is 11.8 Å². The lowest BCUT2D eigenvalue weighted by Crippen LogP contribution is -2.21. The predicted molar refractivity (Wildman–Crippen MR) is 75.9 cm³/mol. The molecule has 0 amide bonds. The van der Waals surface area contributed by atoms with Gasteiger partial charge >= 0.3 is 5.97 Å². The molecular weight excluding hydrogens is 246 g/mol. The van der Waals surface area contributed by atoms with Crippen molar-refractivity contribution < 1.29 is 9.53 Å². The van der Waals surface area contributed by atoms with Crippen LogP contribution in [0.3, 0.4) is 0 Å². The average molecular weight is 267 g/mol. The fraction of sp³-hybridized carbons (Fsp3) is 0.500. The van der Waals surface area contributed by atoms with Gasteiger partial charge in [0.15, 0.2) is 0 Å². The van der Waals surface area contributed by atoms with E-state index >= 15 is 0 Å². The summed E-state index contributed by atoms with van der Waals surface area (Å²) in [6.45, 7) is 0. The molecule has 1 aromatic carbocycles. The fourth-order valence-corrected chi connectivity index (χ4v) is 2.31. The number of carbonyl (C=O) groups is 1. The van der Waals surface area contributed by atoms with Gasteiger partial charge in [0.25, 0.3) is 0 Å². The summed E-state index contributed by atoms with van der Waals surface area (Å²) >= 11 is 1.73. The molecule has 0 saturated heterocycles. The molecule has 1 atom stereocenters. The second-order valence-electron chi connectivity index (χ2n) is 4.37. The minimum Gasteiger partial charge on any atom is -0.469 e. The van der Waals surface area contributed by atoms with E-state index in [4.69, 9.17) is 4.74 Å². The number of ether oxygens (including phenoxy) is 1. The zero-order valence-electron chi connectivity index (χ0n) is 11.5. The third-order valence-corrected chi connectivity index (χ3v) is 3.72. The Morgan fingerprint density at radius 1 is 1.33 bits per heavy atom. The van der Waals surface area contributed by atoms with Crippen molar-refractivity contribution in [1.82, 2.24) is 4.90 Å². The minimum atomic E-state index is -0.150. The number of hydrogen-bond acceptors (Lipinski definition) is 4. The molecule has 1 unspecified atom stereocenters. The Hall–Kier alpha value is -1.00. The van der Waals surface area contributed by atoms with Gasteiger partial charge in [0.2, 0.25) is 0 Å². The van der Waals surface area contributed by atoms with Crippen molar-refractivity contribution in [3.05, 3.63) is 29.8 Å². The Bertz CT molecular complexity index is 376. The lowest BCUT2D eigenvalue weighted by atomic mass is 10.0. The quantitative estimate of drug-likeness (QED) is 0.585. The highest BCUT2D eigenvalue weighted by atomic mass is 32.2. The van der Waals surface area contributed by atoms with Gasteiger partial charge in [-0.2, -0.15) is 0 Å². The van der Waals surface area contributed by atoms with Crippen LogP contribution in [-0.2, 0) is 9.53 Å². The van der Waals surface area contributed by atoms with Crippen LogP contribution >= 0.6 is 11.8 Å². The van der Waals surface area contributed by atoms with E-state index in [1.165, 1.54) is 17.6 Å². The molecule has 0 heterocycles. The zero-order valence-corrected chi connectivity index (χ0v) is 12.3. The number of carbonyl (C=O) groups excluding carboxylic acids is 1. The molecule has 0 aliphatic heterocycles. The Balaban J connectivity index is 2.74. The predicted octanol–water partition coefficient (Wildman–Crippen LogP) is 2.96. The van der Waals surface area contributed by atoms with E-state index in [0.717, 1.165) is 6.42 Å². The maximum Gasteiger partial charge on any atom is 0.305 e. The van der Waals surface area contributed by atoms with Crippen molar-refractivity contribution in [2.75, 3.05) is 27.5 Å². The highest BCUT2D eigenvalue weighted by molar-refractivity contribution is 7.98. The summed E-state index contributed by atoms with van der Waals surface area (Å²) in [7, 11) is 5.50. The minimum absolute atomic E-state index is 0.150. The van der Waals surface area contributed by atoms with Crippen molar-refractivity contribution in [3.8, 4) is 0 Å². The molecule has 4 heteroatoms. The van der Waals surface area contributed by atoms with Gasteiger partial charge in [-0.1, -0.05) is 12.1 Å². The molecule has 3 nitrogen and oxygen atoms in total. The number of benzene rings is 1. The first kappa shape index (κ1) is 15.1. The van der Waals surface area contributed by atoms with E-state index < -0.39 is 0 Å². The van der Waals surface area contributed by atoms with Crippen LogP contribution in [0.25, 0.3) is 0 Å². The van der Waals surface area contributed by atoms with E-state index in [1.807, 2.05) is 14.1 Å². The molecule has 0 radical (unpaired) electrons. The molecule has 0 saturated carbocycles. The molecule has 0 fully saturated rings. The van der Waals surface area contributed by atoms with Crippen molar-refractivity contribution in [2.24, 2.45) is 0 Å². The number of nitrogens with zero attached hydrogens (tertiary/aromatic N) is 1. The van der Waals surface area contributed by atoms with Gasteiger partial charge in [0, 0.05) is 17.4 Å². The molecule has 100 valence electrons. The highest BCUT2D eigenvalue weighted by Crippen LogP contribution is 2.25. The zero-order chi connectivity index (χ0) is 13.5. The first-order valence-electron chi connectivity index (χ1n) is 5.95. The first-order valence-corrected chi connectivity index (χ1v) is 7.18. The van der Waals surface area contributed by atoms with Crippen LogP contribution in [-0.4, -0.2) is 38.3 Å². The second-order valence-corrected chi connectivity index (χ2v) is 5.25. The molecule has 0 aromatic heterocycles. The van der Waals surface area contributed by atoms with Crippen LogP contribution in [0.15, 0.2) is 29.2 Å². The van der Waals surface area contributed by atoms with Crippen molar-refractivity contribution in [2.45, 2.75) is 23.8 Å². The van der Waals surface area contributed by atoms with Gasteiger partial charge in [-0.3, -0.25) is 4.79 Å². The van der Waals surface area contributed by atoms with Crippen LogP contribution in [0.2, 0.25) is 0 Å². The van der Waals surface area contributed by atoms with Gasteiger partial charge in [0.05, 0.1) is 7.11 Å². The average Bonchev–Trinajstić information content (AvgIpc) is 2.39.